The van der Waals surface area contributed by atoms with Gasteiger partial charge in [0.25, 0.3) is 0 Å². The second-order valence-corrected chi connectivity index (χ2v) is 5.92. The molecule has 0 aliphatic rings. The second-order valence-electron chi connectivity index (χ2n) is 5.54. The topological polar surface area (TPSA) is 46.6 Å². The van der Waals surface area contributed by atoms with E-state index in [-0.39, 0.29) is 6.04 Å². The molecule has 2 rings (SSSR count). The molecule has 1 atom stereocenters. The van der Waals surface area contributed by atoms with E-state index < -0.39 is 0 Å². The van der Waals surface area contributed by atoms with Crippen molar-refractivity contribution in [1.29, 1.82) is 0 Å². The molecule has 1 aromatic heterocycles. The zero-order chi connectivity index (χ0) is 18.1. The lowest BCUT2D eigenvalue weighted by atomic mass is 10.1. The number of rotatable bonds is 8. The van der Waals surface area contributed by atoms with Crippen LogP contribution < -0.4 is 10.1 Å². The van der Waals surface area contributed by atoms with Gasteiger partial charge in [-0.05, 0) is 62.0 Å². The zero-order valence-electron chi connectivity index (χ0n) is 14.9. The standard InChI is InChI=1S/C19H25N3O2S/c1-4-24-18-9-7-17(8-10-18)21-19(25)22(12-13-23-3)15(2)16-6-5-11-20-14-16/h5-11,14-15H,4,12-13H2,1-3H3,(H,21,25)/t15-/m0/s1. The predicted octanol–water partition coefficient (Wildman–Crippen LogP) is 3.89. The molecular weight excluding hydrogens is 334 g/mol. The third-order valence-electron chi connectivity index (χ3n) is 3.85. The largest absolute Gasteiger partial charge is 0.494 e. The monoisotopic (exact) mass is 359 g/mol. The van der Waals surface area contributed by atoms with Gasteiger partial charge in [-0.25, -0.2) is 0 Å². The van der Waals surface area contributed by atoms with Crippen LogP contribution >= 0.6 is 12.2 Å². The summed E-state index contributed by atoms with van der Waals surface area (Å²) in [4.78, 5) is 6.31. The Kier molecular flexibility index (Phi) is 7.63. The van der Waals surface area contributed by atoms with Crippen LogP contribution in [0.2, 0.25) is 0 Å². The van der Waals surface area contributed by atoms with E-state index >= 15 is 0 Å². The molecule has 0 saturated heterocycles. The van der Waals surface area contributed by atoms with Crippen LogP contribution in [-0.2, 0) is 4.74 Å². The number of ether oxygens (including phenoxy) is 2. The number of hydrogen-bond acceptors (Lipinski definition) is 4. The van der Waals surface area contributed by atoms with Crippen molar-refractivity contribution in [3.05, 3.63) is 54.4 Å². The molecule has 2 aromatic rings. The number of anilines is 1. The van der Waals surface area contributed by atoms with Gasteiger partial charge in [0.1, 0.15) is 5.75 Å². The maximum atomic E-state index is 5.64. The summed E-state index contributed by atoms with van der Waals surface area (Å²) >= 11 is 5.64. The number of methoxy groups -OCH3 is 1. The normalized spacial score (nSPS) is 11.6. The maximum Gasteiger partial charge on any atom is 0.174 e. The molecule has 1 heterocycles. The predicted molar refractivity (Wildman–Crippen MR) is 105 cm³/mol. The van der Waals surface area contributed by atoms with Crippen molar-refractivity contribution in [1.82, 2.24) is 9.88 Å². The van der Waals surface area contributed by atoms with Crippen molar-refractivity contribution < 1.29 is 9.47 Å². The number of aromatic nitrogens is 1. The van der Waals surface area contributed by atoms with Crippen LogP contribution in [0.15, 0.2) is 48.8 Å². The highest BCUT2D eigenvalue weighted by molar-refractivity contribution is 7.80. The van der Waals surface area contributed by atoms with Crippen molar-refractivity contribution in [3.8, 4) is 5.75 Å². The first-order chi connectivity index (χ1) is 12.2. The molecule has 5 nitrogen and oxygen atoms in total. The second kappa shape index (κ2) is 9.96. The van der Waals surface area contributed by atoms with E-state index in [1.54, 1.807) is 13.3 Å². The number of pyridine rings is 1. The van der Waals surface area contributed by atoms with E-state index in [9.17, 15) is 0 Å². The summed E-state index contributed by atoms with van der Waals surface area (Å²) in [6.07, 6.45) is 3.64. The summed E-state index contributed by atoms with van der Waals surface area (Å²) in [5, 5.41) is 3.95. The first-order valence-electron chi connectivity index (χ1n) is 8.35. The number of hydrogen-bond donors (Lipinski definition) is 1. The Hall–Kier alpha value is -2.18. The summed E-state index contributed by atoms with van der Waals surface area (Å²) in [7, 11) is 1.69. The van der Waals surface area contributed by atoms with Gasteiger partial charge in [0.2, 0.25) is 0 Å². The fraction of sp³-hybridized carbons (Fsp3) is 0.368. The first kappa shape index (κ1) is 19.1. The van der Waals surface area contributed by atoms with E-state index in [1.807, 2.05) is 43.5 Å². The van der Waals surface area contributed by atoms with E-state index in [0.717, 1.165) is 17.0 Å². The molecule has 134 valence electrons. The third-order valence-corrected chi connectivity index (χ3v) is 4.18. The molecule has 0 aliphatic heterocycles. The van der Waals surface area contributed by atoms with Gasteiger partial charge in [0, 0.05) is 31.7 Å². The average molecular weight is 359 g/mol. The molecule has 0 aliphatic carbocycles. The summed E-state index contributed by atoms with van der Waals surface area (Å²) in [6.45, 7) is 6.01. The highest BCUT2D eigenvalue weighted by Crippen LogP contribution is 2.21. The number of thiocarbonyl (C=S) groups is 1. The van der Waals surface area contributed by atoms with Crippen molar-refractivity contribution >= 4 is 23.0 Å². The maximum absolute atomic E-state index is 5.64. The van der Waals surface area contributed by atoms with Gasteiger partial charge in [-0.3, -0.25) is 4.98 Å². The SMILES string of the molecule is CCOc1ccc(NC(=S)N(CCOC)[C@@H](C)c2cccnc2)cc1. The van der Waals surface area contributed by atoms with Gasteiger partial charge in [0.15, 0.2) is 5.11 Å². The summed E-state index contributed by atoms with van der Waals surface area (Å²) in [5.74, 6) is 0.846. The summed E-state index contributed by atoms with van der Waals surface area (Å²) in [5.41, 5.74) is 2.03. The number of nitrogens with one attached hydrogen (secondary N) is 1. The van der Waals surface area contributed by atoms with E-state index in [1.165, 1.54) is 0 Å². The molecule has 0 spiro atoms. The van der Waals surface area contributed by atoms with Gasteiger partial charge in [-0.1, -0.05) is 6.07 Å². The van der Waals surface area contributed by atoms with Crippen molar-refractivity contribution in [2.45, 2.75) is 19.9 Å². The van der Waals surface area contributed by atoms with E-state index in [4.69, 9.17) is 21.7 Å². The van der Waals surface area contributed by atoms with Crippen LogP contribution in [0.1, 0.15) is 25.5 Å². The molecule has 0 radical (unpaired) electrons. The molecule has 0 fully saturated rings. The van der Waals surface area contributed by atoms with E-state index in [2.05, 4.69) is 28.2 Å². The van der Waals surface area contributed by atoms with Crippen molar-refractivity contribution in [2.75, 3.05) is 32.2 Å². The van der Waals surface area contributed by atoms with Crippen LogP contribution in [0.3, 0.4) is 0 Å². The Bertz CT molecular complexity index is 649. The van der Waals surface area contributed by atoms with Crippen molar-refractivity contribution in [2.24, 2.45) is 0 Å². The van der Waals surface area contributed by atoms with Crippen LogP contribution in [0, 0.1) is 0 Å². The van der Waals surface area contributed by atoms with Gasteiger partial charge in [0.05, 0.1) is 19.3 Å². The quantitative estimate of drug-likeness (QED) is 0.722. The molecule has 0 unspecified atom stereocenters. The minimum absolute atomic E-state index is 0.0894. The highest BCUT2D eigenvalue weighted by atomic mass is 32.1. The molecule has 1 aromatic carbocycles. The molecule has 6 heteroatoms. The van der Waals surface area contributed by atoms with Crippen molar-refractivity contribution in [3.63, 3.8) is 0 Å². The summed E-state index contributed by atoms with van der Waals surface area (Å²) < 4.78 is 10.7. The number of nitrogens with zero attached hydrogens (tertiary/aromatic N) is 2. The molecule has 0 amide bonds. The molecule has 1 N–H and O–H groups in total. The minimum Gasteiger partial charge on any atom is -0.494 e. The van der Waals surface area contributed by atoms with Crippen LogP contribution in [0.25, 0.3) is 0 Å². The zero-order valence-corrected chi connectivity index (χ0v) is 15.8. The molecule has 0 bridgehead atoms. The smallest absolute Gasteiger partial charge is 0.174 e. The Balaban J connectivity index is 2.09. The Morgan fingerprint density at radius 3 is 2.64 bits per heavy atom. The average Bonchev–Trinajstić information content (AvgIpc) is 2.64. The lowest BCUT2D eigenvalue weighted by molar-refractivity contribution is 0.165. The lowest BCUT2D eigenvalue weighted by Gasteiger charge is -2.31. The Labute approximate surface area is 155 Å². The molecule has 0 saturated carbocycles. The molecular formula is C19H25N3O2S. The van der Waals surface area contributed by atoms with Crippen LogP contribution in [0.4, 0.5) is 5.69 Å². The van der Waals surface area contributed by atoms with Crippen LogP contribution in [0.5, 0.6) is 5.75 Å². The molecule has 25 heavy (non-hydrogen) atoms. The number of benzene rings is 1. The fourth-order valence-corrected chi connectivity index (χ4v) is 2.83. The van der Waals surface area contributed by atoms with Gasteiger partial charge in [-0.15, -0.1) is 0 Å². The Morgan fingerprint density at radius 1 is 1.28 bits per heavy atom. The van der Waals surface area contributed by atoms with E-state index in [0.29, 0.717) is 24.9 Å². The lowest BCUT2D eigenvalue weighted by Crippen LogP contribution is -2.39. The summed E-state index contributed by atoms with van der Waals surface area (Å²) in [6, 6.07) is 11.9. The first-order valence-corrected chi connectivity index (χ1v) is 8.76. The van der Waals surface area contributed by atoms with Gasteiger partial charge >= 0.3 is 0 Å². The third kappa shape index (κ3) is 5.69. The Morgan fingerprint density at radius 2 is 2.04 bits per heavy atom. The van der Waals surface area contributed by atoms with Gasteiger partial charge in [-0.2, -0.15) is 0 Å². The van der Waals surface area contributed by atoms with Gasteiger partial charge < -0.3 is 19.7 Å². The highest BCUT2D eigenvalue weighted by Gasteiger charge is 2.19. The fourth-order valence-electron chi connectivity index (χ4n) is 2.46. The minimum atomic E-state index is 0.0894. The van der Waals surface area contributed by atoms with Crippen LogP contribution in [-0.4, -0.2) is 41.9 Å².